The first-order chi connectivity index (χ1) is 6.77. The third kappa shape index (κ3) is 1.56. The molecule has 1 aliphatic rings. The van der Waals surface area contributed by atoms with Crippen molar-refractivity contribution >= 4 is 17.6 Å². The molecule has 0 spiro atoms. The highest BCUT2D eigenvalue weighted by atomic mass is 16.6. The summed E-state index contributed by atoms with van der Waals surface area (Å²) in [6, 6.07) is 6.49. The minimum absolute atomic E-state index is 0.101. The zero-order chi connectivity index (χ0) is 9.97. The number of rotatable bonds is 2. The fraction of sp³-hybridized carbons (Fsp3) is 0.222. The molecule has 0 aromatic heterocycles. The molecule has 1 aliphatic heterocycles. The highest BCUT2D eigenvalue weighted by molar-refractivity contribution is 5.66. The number of nitro groups is 1. The molecule has 5 nitrogen and oxygen atoms in total. The zero-order valence-electron chi connectivity index (χ0n) is 7.46. The summed E-state index contributed by atoms with van der Waals surface area (Å²) in [5.41, 5.74) is 0.873. The molecule has 1 heterocycles. The van der Waals surface area contributed by atoms with Crippen molar-refractivity contribution in [1.29, 1.82) is 0 Å². The van der Waals surface area contributed by atoms with E-state index in [0.717, 1.165) is 18.7 Å². The van der Waals surface area contributed by atoms with Crippen molar-refractivity contribution in [2.75, 3.05) is 11.6 Å². The minimum atomic E-state index is -0.400. The van der Waals surface area contributed by atoms with Gasteiger partial charge in [0.2, 0.25) is 0 Å². The van der Waals surface area contributed by atoms with Crippen LogP contribution in [0.2, 0.25) is 0 Å². The largest absolute Gasteiger partial charge is 0.271 e. The van der Waals surface area contributed by atoms with Crippen LogP contribution in [0.3, 0.4) is 0 Å². The average molecular weight is 191 g/mol. The molecular formula is C9H9N3O2. The summed E-state index contributed by atoms with van der Waals surface area (Å²) < 4.78 is 0. The third-order valence-electron chi connectivity index (χ3n) is 2.03. The molecule has 14 heavy (non-hydrogen) atoms. The first kappa shape index (κ1) is 8.68. The van der Waals surface area contributed by atoms with Crippen LogP contribution in [0.15, 0.2) is 29.4 Å². The van der Waals surface area contributed by atoms with E-state index in [-0.39, 0.29) is 5.69 Å². The van der Waals surface area contributed by atoms with E-state index >= 15 is 0 Å². The molecule has 0 saturated heterocycles. The van der Waals surface area contributed by atoms with E-state index in [1.807, 2.05) is 6.07 Å². The maximum Gasteiger partial charge on any atom is 0.271 e. The van der Waals surface area contributed by atoms with Gasteiger partial charge in [-0.1, -0.05) is 6.07 Å². The van der Waals surface area contributed by atoms with E-state index in [9.17, 15) is 10.1 Å². The lowest BCUT2D eigenvalue weighted by molar-refractivity contribution is -0.384. The van der Waals surface area contributed by atoms with E-state index in [4.69, 9.17) is 0 Å². The van der Waals surface area contributed by atoms with Gasteiger partial charge >= 0.3 is 0 Å². The SMILES string of the molecule is O=[N+]([O-])c1cccc(N2CCC=N2)c1. The van der Waals surface area contributed by atoms with Crippen LogP contribution >= 0.6 is 0 Å². The van der Waals surface area contributed by atoms with Crippen molar-refractivity contribution in [2.45, 2.75) is 6.42 Å². The molecule has 1 aromatic carbocycles. The molecular weight excluding hydrogens is 182 g/mol. The van der Waals surface area contributed by atoms with E-state index < -0.39 is 4.92 Å². The predicted molar refractivity (Wildman–Crippen MR) is 53.6 cm³/mol. The zero-order valence-corrected chi connectivity index (χ0v) is 7.46. The Morgan fingerprint density at radius 3 is 3.00 bits per heavy atom. The number of benzene rings is 1. The molecule has 0 unspecified atom stereocenters. The van der Waals surface area contributed by atoms with Crippen LogP contribution in [0, 0.1) is 10.1 Å². The van der Waals surface area contributed by atoms with Crippen molar-refractivity contribution in [2.24, 2.45) is 5.10 Å². The molecule has 0 bridgehead atoms. The van der Waals surface area contributed by atoms with Crippen molar-refractivity contribution in [3.8, 4) is 0 Å². The highest BCUT2D eigenvalue weighted by Gasteiger charge is 2.12. The lowest BCUT2D eigenvalue weighted by atomic mass is 10.3. The van der Waals surface area contributed by atoms with Crippen LogP contribution in [0.4, 0.5) is 11.4 Å². The molecule has 0 atom stereocenters. The van der Waals surface area contributed by atoms with Crippen molar-refractivity contribution in [3.63, 3.8) is 0 Å². The molecule has 0 fully saturated rings. The number of hydrogen-bond acceptors (Lipinski definition) is 4. The van der Waals surface area contributed by atoms with E-state index in [0.29, 0.717) is 0 Å². The minimum Gasteiger partial charge on any atom is -0.265 e. The molecule has 0 N–H and O–H groups in total. The fourth-order valence-corrected chi connectivity index (χ4v) is 1.36. The van der Waals surface area contributed by atoms with Crippen molar-refractivity contribution in [1.82, 2.24) is 0 Å². The number of anilines is 1. The summed E-state index contributed by atoms with van der Waals surface area (Å²) >= 11 is 0. The molecule has 0 amide bonds. The Morgan fingerprint density at radius 2 is 2.36 bits per heavy atom. The first-order valence-corrected chi connectivity index (χ1v) is 4.32. The second-order valence-corrected chi connectivity index (χ2v) is 2.99. The van der Waals surface area contributed by atoms with E-state index in [1.54, 1.807) is 17.3 Å². The Balaban J connectivity index is 2.30. The van der Waals surface area contributed by atoms with Gasteiger partial charge in [-0.05, 0) is 6.07 Å². The standard InChI is InChI=1S/C9H9N3O2/c13-12(14)9-4-1-3-8(7-9)11-6-2-5-10-11/h1,3-5,7H,2,6H2. The Labute approximate surface area is 80.8 Å². The van der Waals surface area contributed by atoms with E-state index in [1.165, 1.54) is 12.1 Å². The topological polar surface area (TPSA) is 58.7 Å². The second kappa shape index (κ2) is 3.45. The van der Waals surface area contributed by atoms with Crippen LogP contribution in [0.5, 0.6) is 0 Å². The molecule has 5 heteroatoms. The van der Waals surface area contributed by atoms with Gasteiger partial charge in [0.05, 0.1) is 10.6 Å². The number of nitro benzene ring substituents is 1. The van der Waals surface area contributed by atoms with Gasteiger partial charge < -0.3 is 0 Å². The van der Waals surface area contributed by atoms with Crippen LogP contribution in [0.1, 0.15) is 6.42 Å². The van der Waals surface area contributed by atoms with Crippen molar-refractivity contribution < 1.29 is 4.92 Å². The highest BCUT2D eigenvalue weighted by Crippen LogP contribution is 2.22. The Kier molecular flexibility index (Phi) is 2.14. The van der Waals surface area contributed by atoms with Crippen LogP contribution < -0.4 is 5.01 Å². The fourth-order valence-electron chi connectivity index (χ4n) is 1.36. The summed E-state index contributed by atoms with van der Waals surface area (Å²) in [5.74, 6) is 0. The smallest absolute Gasteiger partial charge is 0.265 e. The van der Waals surface area contributed by atoms with Gasteiger partial charge in [0.15, 0.2) is 0 Å². The molecule has 0 aliphatic carbocycles. The first-order valence-electron chi connectivity index (χ1n) is 4.32. The van der Waals surface area contributed by atoms with Gasteiger partial charge in [0.25, 0.3) is 5.69 Å². The summed E-state index contributed by atoms with van der Waals surface area (Å²) in [7, 11) is 0. The average Bonchev–Trinajstić information content (AvgIpc) is 2.71. The van der Waals surface area contributed by atoms with E-state index in [2.05, 4.69) is 5.10 Å². The van der Waals surface area contributed by atoms with Crippen LogP contribution in [-0.4, -0.2) is 17.7 Å². The van der Waals surface area contributed by atoms with Gasteiger partial charge in [-0.2, -0.15) is 5.10 Å². The number of non-ortho nitro benzene ring substituents is 1. The van der Waals surface area contributed by atoms with Crippen LogP contribution in [-0.2, 0) is 0 Å². The molecule has 1 aromatic rings. The maximum absolute atomic E-state index is 10.5. The Hall–Kier alpha value is -1.91. The molecule has 72 valence electrons. The molecule has 2 rings (SSSR count). The maximum atomic E-state index is 10.5. The van der Waals surface area contributed by atoms with Gasteiger partial charge in [-0.3, -0.25) is 15.1 Å². The Bertz CT molecular complexity index is 389. The normalized spacial score (nSPS) is 14.7. The number of hydrazone groups is 1. The lowest BCUT2D eigenvalue weighted by Gasteiger charge is -2.12. The van der Waals surface area contributed by atoms with Gasteiger partial charge in [0, 0.05) is 31.3 Å². The monoisotopic (exact) mass is 191 g/mol. The summed E-state index contributed by atoms with van der Waals surface area (Å²) in [4.78, 5) is 10.1. The molecule has 0 radical (unpaired) electrons. The van der Waals surface area contributed by atoms with Crippen LogP contribution in [0.25, 0.3) is 0 Å². The quantitative estimate of drug-likeness (QED) is 0.529. The van der Waals surface area contributed by atoms with Gasteiger partial charge in [-0.15, -0.1) is 0 Å². The Morgan fingerprint density at radius 1 is 1.50 bits per heavy atom. The summed E-state index contributed by atoms with van der Waals surface area (Å²) in [6.45, 7) is 0.793. The van der Waals surface area contributed by atoms with Gasteiger partial charge in [-0.25, -0.2) is 0 Å². The second-order valence-electron chi connectivity index (χ2n) is 2.99. The predicted octanol–water partition coefficient (Wildman–Crippen LogP) is 1.79. The third-order valence-corrected chi connectivity index (χ3v) is 2.03. The molecule has 0 saturated carbocycles. The summed E-state index contributed by atoms with van der Waals surface area (Å²) in [6.07, 6.45) is 2.70. The van der Waals surface area contributed by atoms with Crippen molar-refractivity contribution in [3.05, 3.63) is 34.4 Å². The number of nitrogens with zero attached hydrogens (tertiary/aromatic N) is 3. The summed E-state index contributed by atoms with van der Waals surface area (Å²) in [5, 5.41) is 16.4. The van der Waals surface area contributed by atoms with Gasteiger partial charge in [0.1, 0.15) is 0 Å². The lowest BCUT2D eigenvalue weighted by Crippen LogP contribution is -2.11. The number of hydrogen-bond donors (Lipinski definition) is 0.